The molecule has 0 radical (unpaired) electrons. The predicted octanol–water partition coefficient (Wildman–Crippen LogP) is 1.49. The van der Waals surface area contributed by atoms with Gasteiger partial charge in [0.1, 0.15) is 5.82 Å². The number of benzene rings is 1. The monoisotopic (exact) mass is 286 g/mol. The Labute approximate surface area is 113 Å². The topological polar surface area (TPSA) is 58.2 Å². The van der Waals surface area contributed by atoms with Gasteiger partial charge in [0.15, 0.2) is 0 Å². The van der Waals surface area contributed by atoms with Crippen LogP contribution in [0.5, 0.6) is 0 Å². The Kier molecular flexibility index (Phi) is 4.90. The van der Waals surface area contributed by atoms with Gasteiger partial charge in [-0.25, -0.2) is 17.5 Å². The number of hydrogen-bond donors (Lipinski definition) is 2. The largest absolute Gasteiger partial charge is 0.317 e. The molecule has 0 atom stereocenters. The summed E-state index contributed by atoms with van der Waals surface area (Å²) in [5.41, 5.74) is 0. The van der Waals surface area contributed by atoms with Crippen LogP contribution < -0.4 is 10.0 Å². The second-order valence-electron chi connectivity index (χ2n) is 4.83. The van der Waals surface area contributed by atoms with Crippen molar-refractivity contribution in [3.63, 3.8) is 0 Å². The lowest BCUT2D eigenvalue weighted by atomic mass is 9.95. The Bertz CT molecular complexity index is 496. The summed E-state index contributed by atoms with van der Waals surface area (Å²) in [5.74, 6) is 0.144. The van der Waals surface area contributed by atoms with E-state index in [-0.39, 0.29) is 4.90 Å². The zero-order valence-electron chi connectivity index (χ0n) is 10.7. The zero-order chi connectivity index (χ0) is 13.7. The maximum absolute atomic E-state index is 12.7. The first kappa shape index (κ1) is 14.4. The molecule has 2 rings (SSSR count). The molecule has 0 unspecified atom stereocenters. The minimum atomic E-state index is -3.51. The van der Waals surface area contributed by atoms with Crippen molar-refractivity contribution in [3.8, 4) is 0 Å². The van der Waals surface area contributed by atoms with Gasteiger partial charge < -0.3 is 5.32 Å². The van der Waals surface area contributed by atoms with E-state index in [1.165, 1.54) is 12.1 Å². The van der Waals surface area contributed by atoms with Crippen molar-refractivity contribution in [1.82, 2.24) is 10.0 Å². The van der Waals surface area contributed by atoms with Crippen LogP contribution in [-0.4, -0.2) is 28.1 Å². The molecule has 4 nitrogen and oxygen atoms in total. The lowest BCUT2D eigenvalue weighted by Gasteiger charge is -2.22. The van der Waals surface area contributed by atoms with E-state index in [9.17, 15) is 12.8 Å². The van der Waals surface area contributed by atoms with Gasteiger partial charge in [-0.15, -0.1) is 0 Å². The van der Waals surface area contributed by atoms with E-state index in [2.05, 4.69) is 10.0 Å². The summed E-state index contributed by atoms with van der Waals surface area (Å²) in [7, 11) is -3.51. The van der Waals surface area contributed by atoms with Crippen LogP contribution in [0.1, 0.15) is 19.3 Å². The van der Waals surface area contributed by atoms with Crippen LogP contribution in [0.25, 0.3) is 0 Å². The molecule has 0 bridgehead atoms. The quantitative estimate of drug-likeness (QED) is 0.862. The molecule has 2 N–H and O–H groups in total. The Morgan fingerprint density at radius 2 is 1.84 bits per heavy atom. The maximum atomic E-state index is 12.7. The second kappa shape index (κ2) is 6.45. The minimum absolute atomic E-state index is 0.110. The molecule has 1 aliphatic rings. The molecule has 1 fully saturated rings. The SMILES string of the molecule is O=S(=O)(NCCC1CCNCC1)c1ccc(F)cc1. The van der Waals surface area contributed by atoms with Crippen molar-refractivity contribution in [3.05, 3.63) is 30.1 Å². The molecule has 0 aliphatic carbocycles. The lowest BCUT2D eigenvalue weighted by Crippen LogP contribution is -2.31. The fourth-order valence-corrected chi connectivity index (χ4v) is 3.31. The molecule has 19 heavy (non-hydrogen) atoms. The smallest absolute Gasteiger partial charge is 0.240 e. The molecule has 0 spiro atoms. The standard InChI is InChI=1S/C13H19FN2O2S/c14-12-1-3-13(4-2-12)19(17,18)16-10-7-11-5-8-15-9-6-11/h1-4,11,15-16H,5-10H2. The van der Waals surface area contributed by atoms with Gasteiger partial charge >= 0.3 is 0 Å². The molecule has 6 heteroatoms. The average Bonchev–Trinajstić information content (AvgIpc) is 2.40. The normalized spacial score (nSPS) is 17.5. The van der Waals surface area contributed by atoms with Gasteiger partial charge in [-0.2, -0.15) is 0 Å². The molecule has 1 saturated heterocycles. The fraction of sp³-hybridized carbons (Fsp3) is 0.538. The highest BCUT2D eigenvalue weighted by Crippen LogP contribution is 2.16. The molecule has 0 aromatic heterocycles. The average molecular weight is 286 g/mol. The predicted molar refractivity (Wildman–Crippen MR) is 71.8 cm³/mol. The number of sulfonamides is 1. The van der Waals surface area contributed by atoms with Gasteiger partial charge in [0.25, 0.3) is 0 Å². The second-order valence-corrected chi connectivity index (χ2v) is 6.60. The summed E-state index contributed by atoms with van der Waals surface area (Å²) in [6.45, 7) is 2.45. The third kappa shape index (κ3) is 4.26. The Morgan fingerprint density at radius 1 is 1.21 bits per heavy atom. The highest BCUT2D eigenvalue weighted by Gasteiger charge is 2.16. The van der Waals surface area contributed by atoms with E-state index >= 15 is 0 Å². The molecule has 1 aromatic carbocycles. The summed E-state index contributed by atoms with van der Waals surface area (Å²) >= 11 is 0. The Morgan fingerprint density at radius 3 is 2.47 bits per heavy atom. The van der Waals surface area contributed by atoms with Gasteiger partial charge in [0.05, 0.1) is 4.90 Å². The number of nitrogens with one attached hydrogen (secondary N) is 2. The number of piperidine rings is 1. The third-order valence-corrected chi connectivity index (χ3v) is 4.90. The molecule has 106 valence electrons. The Balaban J connectivity index is 1.85. The van der Waals surface area contributed by atoms with Crippen LogP contribution in [0.2, 0.25) is 0 Å². The number of rotatable bonds is 5. The maximum Gasteiger partial charge on any atom is 0.240 e. The highest BCUT2D eigenvalue weighted by atomic mass is 32.2. The van der Waals surface area contributed by atoms with Gasteiger partial charge in [-0.3, -0.25) is 0 Å². The van der Waals surface area contributed by atoms with Gasteiger partial charge in [0.2, 0.25) is 10.0 Å². The van der Waals surface area contributed by atoms with Gasteiger partial charge in [-0.05, 0) is 62.5 Å². The van der Waals surface area contributed by atoms with Crippen molar-refractivity contribution >= 4 is 10.0 Å². The molecule has 1 aliphatic heterocycles. The molecule has 0 amide bonds. The first-order valence-electron chi connectivity index (χ1n) is 6.54. The minimum Gasteiger partial charge on any atom is -0.317 e. The third-order valence-electron chi connectivity index (χ3n) is 3.43. The van der Waals surface area contributed by atoms with Crippen molar-refractivity contribution < 1.29 is 12.8 Å². The molecule has 1 heterocycles. The zero-order valence-corrected chi connectivity index (χ0v) is 11.5. The molecule has 0 saturated carbocycles. The fourth-order valence-electron chi connectivity index (χ4n) is 2.26. The lowest BCUT2D eigenvalue weighted by molar-refractivity contribution is 0.354. The summed E-state index contributed by atoms with van der Waals surface area (Å²) in [5, 5.41) is 3.28. The number of halogens is 1. The van der Waals surface area contributed by atoms with Crippen molar-refractivity contribution in [2.24, 2.45) is 5.92 Å². The highest BCUT2D eigenvalue weighted by molar-refractivity contribution is 7.89. The Hall–Kier alpha value is -0.980. The van der Waals surface area contributed by atoms with E-state index in [1.807, 2.05) is 0 Å². The van der Waals surface area contributed by atoms with Crippen LogP contribution >= 0.6 is 0 Å². The van der Waals surface area contributed by atoms with Crippen LogP contribution in [0.15, 0.2) is 29.2 Å². The first-order chi connectivity index (χ1) is 9.08. The van der Waals surface area contributed by atoms with E-state index in [0.717, 1.165) is 44.5 Å². The van der Waals surface area contributed by atoms with Crippen molar-refractivity contribution in [1.29, 1.82) is 0 Å². The van der Waals surface area contributed by atoms with Crippen molar-refractivity contribution in [2.45, 2.75) is 24.2 Å². The van der Waals surface area contributed by atoms with Crippen LogP contribution in [0.4, 0.5) is 4.39 Å². The van der Waals surface area contributed by atoms with E-state index in [0.29, 0.717) is 12.5 Å². The molecular formula is C13H19FN2O2S. The summed E-state index contributed by atoms with van der Waals surface area (Å²) in [6.07, 6.45) is 3.04. The first-order valence-corrected chi connectivity index (χ1v) is 8.02. The molecule has 1 aromatic rings. The van der Waals surface area contributed by atoms with E-state index in [1.54, 1.807) is 0 Å². The summed E-state index contributed by atoms with van der Waals surface area (Å²) < 4.78 is 39.2. The van der Waals surface area contributed by atoms with Crippen LogP contribution in [0.3, 0.4) is 0 Å². The van der Waals surface area contributed by atoms with Crippen LogP contribution in [-0.2, 0) is 10.0 Å². The van der Waals surface area contributed by atoms with Crippen molar-refractivity contribution in [2.75, 3.05) is 19.6 Å². The van der Waals surface area contributed by atoms with Gasteiger partial charge in [0, 0.05) is 6.54 Å². The summed E-state index contributed by atoms with van der Waals surface area (Å²) in [4.78, 5) is 0.110. The number of hydrogen-bond acceptors (Lipinski definition) is 3. The van der Waals surface area contributed by atoms with E-state index in [4.69, 9.17) is 0 Å². The van der Waals surface area contributed by atoms with Gasteiger partial charge in [-0.1, -0.05) is 0 Å². The summed E-state index contributed by atoms with van der Waals surface area (Å²) in [6, 6.07) is 4.87. The molecular weight excluding hydrogens is 267 g/mol. The van der Waals surface area contributed by atoms with E-state index < -0.39 is 15.8 Å². The van der Waals surface area contributed by atoms with Crippen LogP contribution in [0, 0.1) is 11.7 Å².